The molecule has 1 aliphatic rings. The van der Waals surface area contributed by atoms with E-state index in [9.17, 15) is 4.79 Å². The number of nitrogens with two attached hydrogens (primary N) is 2. The summed E-state index contributed by atoms with van der Waals surface area (Å²) in [6, 6.07) is 4.77. The third-order valence-corrected chi connectivity index (χ3v) is 2.89. The summed E-state index contributed by atoms with van der Waals surface area (Å²) in [5.41, 5.74) is 11.7. The van der Waals surface area contributed by atoms with Crippen LogP contribution in [0.3, 0.4) is 0 Å². The number of amides is 1. The standard InChI is InChI=1S/C11H14ClN3O2/c12-7-1-2-10(9(14)5-7)17-11(16)15-4-3-8(13)6-15/h1-2,5,8H,3-4,6,13-14H2/t8-/m1/s1. The Morgan fingerprint density at radius 3 is 2.88 bits per heavy atom. The van der Waals surface area contributed by atoms with E-state index in [-0.39, 0.29) is 6.04 Å². The third kappa shape index (κ3) is 2.81. The fourth-order valence-corrected chi connectivity index (χ4v) is 1.90. The van der Waals surface area contributed by atoms with Crippen molar-refractivity contribution in [3.63, 3.8) is 0 Å². The van der Waals surface area contributed by atoms with Crippen LogP contribution >= 0.6 is 11.6 Å². The molecule has 1 aromatic rings. The molecular weight excluding hydrogens is 242 g/mol. The van der Waals surface area contributed by atoms with Gasteiger partial charge in [0.05, 0.1) is 5.69 Å². The van der Waals surface area contributed by atoms with E-state index in [1.54, 1.807) is 23.1 Å². The predicted octanol–water partition coefficient (Wildman–Crippen LogP) is 1.45. The Bertz CT molecular complexity index is 439. The van der Waals surface area contributed by atoms with Gasteiger partial charge in [-0.1, -0.05) is 11.6 Å². The van der Waals surface area contributed by atoms with Gasteiger partial charge in [0.25, 0.3) is 0 Å². The molecule has 1 atom stereocenters. The summed E-state index contributed by atoms with van der Waals surface area (Å²) in [5.74, 6) is 0.319. The summed E-state index contributed by atoms with van der Waals surface area (Å²) >= 11 is 5.75. The normalized spacial score (nSPS) is 19.4. The van der Waals surface area contributed by atoms with Gasteiger partial charge < -0.3 is 21.1 Å². The van der Waals surface area contributed by atoms with E-state index in [0.717, 1.165) is 6.42 Å². The second kappa shape index (κ2) is 4.81. The highest BCUT2D eigenvalue weighted by Crippen LogP contribution is 2.25. The van der Waals surface area contributed by atoms with Crippen LogP contribution in [0.1, 0.15) is 6.42 Å². The number of rotatable bonds is 1. The summed E-state index contributed by atoms with van der Waals surface area (Å²) in [6.45, 7) is 1.14. The molecule has 0 spiro atoms. The van der Waals surface area contributed by atoms with Crippen molar-refractivity contribution in [3.8, 4) is 5.75 Å². The van der Waals surface area contributed by atoms with E-state index in [2.05, 4.69) is 0 Å². The minimum absolute atomic E-state index is 0.0325. The molecule has 0 unspecified atom stereocenters. The van der Waals surface area contributed by atoms with E-state index in [1.165, 1.54) is 0 Å². The largest absolute Gasteiger partial charge is 0.415 e. The number of nitrogen functional groups attached to an aromatic ring is 1. The molecule has 1 amide bonds. The molecular formula is C11H14ClN3O2. The highest BCUT2D eigenvalue weighted by atomic mass is 35.5. The maximum atomic E-state index is 11.8. The van der Waals surface area contributed by atoms with Gasteiger partial charge in [-0.2, -0.15) is 0 Å². The van der Waals surface area contributed by atoms with Crippen molar-refractivity contribution in [3.05, 3.63) is 23.2 Å². The first-order chi connectivity index (χ1) is 8.06. The number of benzene rings is 1. The van der Waals surface area contributed by atoms with Gasteiger partial charge in [-0.05, 0) is 24.6 Å². The van der Waals surface area contributed by atoms with Gasteiger partial charge in [0, 0.05) is 24.2 Å². The maximum Gasteiger partial charge on any atom is 0.415 e. The highest BCUT2D eigenvalue weighted by Gasteiger charge is 2.25. The number of likely N-dealkylation sites (tertiary alicyclic amines) is 1. The van der Waals surface area contributed by atoms with Crippen LogP contribution in [-0.2, 0) is 0 Å². The van der Waals surface area contributed by atoms with Crippen molar-refractivity contribution in [1.29, 1.82) is 0 Å². The Kier molecular flexibility index (Phi) is 3.40. The van der Waals surface area contributed by atoms with E-state index >= 15 is 0 Å². The van der Waals surface area contributed by atoms with Gasteiger partial charge >= 0.3 is 6.09 Å². The lowest BCUT2D eigenvalue weighted by molar-refractivity contribution is 0.162. The Morgan fingerprint density at radius 2 is 2.29 bits per heavy atom. The van der Waals surface area contributed by atoms with Crippen molar-refractivity contribution in [2.75, 3.05) is 18.8 Å². The van der Waals surface area contributed by atoms with Crippen molar-refractivity contribution in [2.45, 2.75) is 12.5 Å². The zero-order valence-corrected chi connectivity index (χ0v) is 9.98. The number of carbonyl (C=O) groups excluding carboxylic acids is 1. The molecule has 1 heterocycles. The Labute approximate surface area is 104 Å². The van der Waals surface area contributed by atoms with Crippen molar-refractivity contribution < 1.29 is 9.53 Å². The molecule has 0 saturated carbocycles. The van der Waals surface area contributed by atoms with Crippen molar-refractivity contribution >= 4 is 23.4 Å². The Morgan fingerprint density at radius 1 is 1.53 bits per heavy atom. The number of nitrogens with zero attached hydrogens (tertiary/aromatic N) is 1. The first-order valence-corrected chi connectivity index (χ1v) is 5.71. The zero-order valence-electron chi connectivity index (χ0n) is 9.23. The van der Waals surface area contributed by atoms with Crippen LogP contribution < -0.4 is 16.2 Å². The van der Waals surface area contributed by atoms with Gasteiger partial charge in [0.2, 0.25) is 0 Å². The van der Waals surface area contributed by atoms with Crippen molar-refractivity contribution in [2.24, 2.45) is 5.73 Å². The Hall–Kier alpha value is -1.46. The van der Waals surface area contributed by atoms with Gasteiger partial charge in [-0.15, -0.1) is 0 Å². The molecule has 0 aromatic heterocycles. The number of anilines is 1. The summed E-state index contributed by atoms with van der Waals surface area (Å²) in [4.78, 5) is 13.3. The number of hydrogen-bond donors (Lipinski definition) is 2. The second-order valence-electron chi connectivity index (χ2n) is 4.04. The van der Waals surface area contributed by atoms with Crippen LogP contribution in [0.2, 0.25) is 5.02 Å². The average Bonchev–Trinajstić information content (AvgIpc) is 2.69. The molecule has 92 valence electrons. The van der Waals surface area contributed by atoms with Crippen molar-refractivity contribution in [1.82, 2.24) is 4.90 Å². The molecule has 1 saturated heterocycles. The minimum Gasteiger partial charge on any atom is -0.408 e. The molecule has 5 nitrogen and oxygen atoms in total. The van der Waals surface area contributed by atoms with Crippen LogP contribution in [0.25, 0.3) is 0 Å². The van der Waals surface area contributed by atoms with Gasteiger partial charge in [-0.3, -0.25) is 0 Å². The summed E-state index contributed by atoms with van der Waals surface area (Å²) < 4.78 is 5.18. The molecule has 1 aromatic carbocycles. The quantitative estimate of drug-likeness (QED) is 0.745. The van der Waals surface area contributed by atoms with Gasteiger partial charge in [0.15, 0.2) is 5.75 Å². The lowest BCUT2D eigenvalue weighted by atomic mass is 10.3. The SMILES string of the molecule is Nc1cc(Cl)ccc1OC(=O)N1CC[C@@H](N)C1. The molecule has 6 heteroatoms. The third-order valence-electron chi connectivity index (χ3n) is 2.65. The Balaban J connectivity index is 2.03. The van der Waals surface area contributed by atoms with Crippen LogP contribution in [0.15, 0.2) is 18.2 Å². The lowest BCUT2D eigenvalue weighted by Crippen LogP contribution is -2.34. The van der Waals surface area contributed by atoms with Crippen LogP contribution in [0.5, 0.6) is 5.75 Å². The molecule has 4 N–H and O–H groups in total. The zero-order chi connectivity index (χ0) is 12.4. The molecule has 1 aliphatic heterocycles. The topological polar surface area (TPSA) is 81.6 Å². The molecule has 17 heavy (non-hydrogen) atoms. The van der Waals surface area contributed by atoms with Gasteiger partial charge in [-0.25, -0.2) is 4.79 Å². The number of hydrogen-bond acceptors (Lipinski definition) is 4. The maximum absolute atomic E-state index is 11.8. The van der Waals surface area contributed by atoms with E-state index in [4.69, 9.17) is 27.8 Å². The monoisotopic (exact) mass is 255 g/mol. The highest BCUT2D eigenvalue weighted by molar-refractivity contribution is 6.30. The fraction of sp³-hybridized carbons (Fsp3) is 0.364. The lowest BCUT2D eigenvalue weighted by Gasteiger charge is -2.16. The average molecular weight is 256 g/mol. The number of halogens is 1. The minimum atomic E-state index is -0.424. The molecule has 1 fully saturated rings. The molecule has 2 rings (SSSR count). The van der Waals surface area contributed by atoms with E-state index < -0.39 is 6.09 Å². The van der Waals surface area contributed by atoms with Crippen LogP contribution in [0.4, 0.5) is 10.5 Å². The first-order valence-electron chi connectivity index (χ1n) is 5.33. The van der Waals surface area contributed by atoms with E-state index in [1.807, 2.05) is 0 Å². The van der Waals surface area contributed by atoms with E-state index in [0.29, 0.717) is 29.5 Å². The number of carbonyl (C=O) groups is 1. The molecule has 0 aliphatic carbocycles. The molecule has 0 bridgehead atoms. The second-order valence-corrected chi connectivity index (χ2v) is 4.48. The summed E-state index contributed by atoms with van der Waals surface area (Å²) in [5, 5.41) is 0.505. The smallest absolute Gasteiger partial charge is 0.408 e. The predicted molar refractivity (Wildman–Crippen MR) is 66.1 cm³/mol. The number of ether oxygens (including phenoxy) is 1. The van der Waals surface area contributed by atoms with Crippen LogP contribution in [0, 0.1) is 0 Å². The molecule has 0 radical (unpaired) electrons. The fourth-order valence-electron chi connectivity index (χ4n) is 1.72. The van der Waals surface area contributed by atoms with Crippen LogP contribution in [-0.4, -0.2) is 30.1 Å². The summed E-state index contributed by atoms with van der Waals surface area (Å²) in [7, 11) is 0. The summed E-state index contributed by atoms with van der Waals surface area (Å²) in [6.07, 6.45) is 0.373. The van der Waals surface area contributed by atoms with Gasteiger partial charge in [0.1, 0.15) is 0 Å². The first kappa shape index (κ1) is 12.0.